The second-order valence-corrected chi connectivity index (χ2v) is 10.1. The molecule has 0 unspecified atom stereocenters. The van der Waals surface area contributed by atoms with Crippen LogP contribution in [-0.4, -0.2) is 7.25 Å². The maximum absolute atomic E-state index is 13.8. The minimum Gasteiger partial charge on any atom is -0.456 e. The number of fused-ring (bicyclic) bond motifs is 2. The van der Waals surface area contributed by atoms with Gasteiger partial charge in [0, 0.05) is 0 Å². The molecule has 10 heteroatoms. The van der Waals surface area contributed by atoms with Crippen molar-refractivity contribution >= 4 is 29.9 Å². The molecule has 1 aliphatic heterocycles. The Balaban J connectivity index is 0.000000527. The molecule has 0 aliphatic carbocycles. The average Bonchev–Trinajstić information content (AvgIpc) is 2.82. The van der Waals surface area contributed by atoms with Gasteiger partial charge in [0.05, 0.1) is 9.79 Å². The Morgan fingerprint density at radius 2 is 1.29 bits per heavy atom. The van der Waals surface area contributed by atoms with Crippen LogP contribution in [0.1, 0.15) is 5.56 Å². The highest BCUT2D eigenvalue weighted by Gasteiger charge is 2.37. The zero-order valence-corrected chi connectivity index (χ0v) is 19.4. The van der Waals surface area contributed by atoms with Gasteiger partial charge < -0.3 is 22.0 Å². The van der Waals surface area contributed by atoms with Crippen molar-refractivity contribution < 1.29 is 26.4 Å². The number of nitriles is 1. The number of halogens is 5. The van der Waals surface area contributed by atoms with E-state index in [2.05, 4.69) is 48.5 Å². The lowest BCUT2D eigenvalue weighted by Gasteiger charge is -2.18. The van der Waals surface area contributed by atoms with E-state index in [9.17, 15) is 26.9 Å². The first kappa shape index (κ1) is 24.7. The molecule has 0 aromatic heterocycles. The van der Waals surface area contributed by atoms with Gasteiger partial charge in [0.1, 0.15) is 39.8 Å². The van der Waals surface area contributed by atoms with Crippen LogP contribution in [0.2, 0.25) is 0 Å². The molecular formula is C25H15BF5NOS2. The molecule has 4 aromatic carbocycles. The molecule has 1 heterocycles. The lowest BCUT2D eigenvalue weighted by Crippen LogP contribution is -2.10. The standard InChI is InChI=1S/C25H15FNOS2.BF4/c26-20-6-5-7-21(19(20)16-27)28-17-12-14-18(15-13-17)30-24-10-3-1-8-22(24)29-23-9-2-4-11-25(23)30;2-1(3,4)5/h1-15H;/q+1;-1. The molecule has 0 saturated heterocycles. The molecule has 4 aromatic rings. The summed E-state index contributed by atoms with van der Waals surface area (Å²) in [6, 6.07) is 31.1. The Kier molecular flexibility index (Phi) is 7.38. The summed E-state index contributed by atoms with van der Waals surface area (Å²) in [7, 11) is -6.21. The zero-order chi connectivity index (χ0) is 25.0. The van der Waals surface area contributed by atoms with Crippen LogP contribution in [0.25, 0.3) is 0 Å². The van der Waals surface area contributed by atoms with Gasteiger partial charge >= 0.3 is 7.25 Å². The molecule has 176 valence electrons. The highest BCUT2D eigenvalue weighted by atomic mass is 32.2. The van der Waals surface area contributed by atoms with Gasteiger partial charge in [-0.2, -0.15) is 5.26 Å². The Morgan fingerprint density at radius 3 is 1.83 bits per heavy atom. The van der Waals surface area contributed by atoms with Crippen LogP contribution in [0.3, 0.4) is 0 Å². The van der Waals surface area contributed by atoms with Gasteiger partial charge in [-0.3, -0.25) is 0 Å². The van der Waals surface area contributed by atoms with Crippen molar-refractivity contribution in [1.29, 1.82) is 5.26 Å². The molecule has 0 spiro atoms. The fourth-order valence-electron chi connectivity index (χ4n) is 3.37. The minimum atomic E-state index is -6.00. The molecule has 1 aliphatic rings. The number of benzene rings is 4. The molecule has 35 heavy (non-hydrogen) atoms. The van der Waals surface area contributed by atoms with E-state index in [-0.39, 0.29) is 22.2 Å². The van der Waals surface area contributed by atoms with Gasteiger partial charge in [-0.05, 0) is 60.7 Å². The Bertz CT molecular complexity index is 1340. The molecule has 5 rings (SSSR count). The summed E-state index contributed by atoms with van der Waals surface area (Å²) in [5.74, 6) is 0.205. The molecule has 0 amide bonds. The summed E-state index contributed by atoms with van der Waals surface area (Å²) < 4.78 is 58.6. The quantitative estimate of drug-likeness (QED) is 0.138. The smallest absolute Gasteiger partial charge is 0.456 e. The third kappa shape index (κ3) is 5.99. The van der Waals surface area contributed by atoms with Crippen molar-refractivity contribution in [2.75, 3.05) is 0 Å². The first-order valence-corrected chi connectivity index (χ1v) is 12.2. The molecule has 0 radical (unpaired) electrons. The molecule has 2 nitrogen and oxygen atoms in total. The maximum atomic E-state index is 13.8. The van der Waals surface area contributed by atoms with Crippen LogP contribution < -0.4 is 4.74 Å². The SMILES string of the molecule is F[B-](F)(F)F.N#Cc1c(F)cccc1Oc1ccc([S+]2c3ccccc3Sc3ccccc32)cc1. The van der Waals surface area contributed by atoms with Crippen molar-refractivity contribution in [3.63, 3.8) is 0 Å². The third-order valence-corrected chi connectivity index (χ3v) is 8.48. The fourth-order valence-corrected chi connectivity index (χ4v) is 7.10. The van der Waals surface area contributed by atoms with Crippen LogP contribution in [0.4, 0.5) is 21.7 Å². The average molecular weight is 515 g/mol. The number of hydrogen-bond acceptors (Lipinski definition) is 3. The highest BCUT2D eigenvalue weighted by molar-refractivity contribution is 8.04. The van der Waals surface area contributed by atoms with Crippen LogP contribution in [0.15, 0.2) is 115 Å². The molecule has 0 saturated carbocycles. The lowest BCUT2D eigenvalue weighted by molar-refractivity contribution is 0.368. The maximum Gasteiger partial charge on any atom is 0.673 e. The number of hydrogen-bond donors (Lipinski definition) is 0. The van der Waals surface area contributed by atoms with Crippen molar-refractivity contribution in [3.8, 4) is 17.6 Å². The minimum absolute atomic E-state index is 0.0874. The zero-order valence-electron chi connectivity index (χ0n) is 17.8. The van der Waals surface area contributed by atoms with Gasteiger partial charge in [-0.15, -0.1) is 0 Å². The van der Waals surface area contributed by atoms with Crippen LogP contribution in [-0.2, 0) is 10.9 Å². The van der Waals surface area contributed by atoms with E-state index in [4.69, 9.17) is 4.74 Å². The number of nitrogens with zero attached hydrogens (tertiary/aromatic N) is 1. The summed E-state index contributed by atoms with van der Waals surface area (Å²) in [4.78, 5) is 6.36. The molecule has 0 atom stereocenters. The Hall–Kier alpha value is -3.42. The van der Waals surface area contributed by atoms with Crippen LogP contribution in [0, 0.1) is 17.1 Å². The van der Waals surface area contributed by atoms with E-state index in [0.29, 0.717) is 5.75 Å². The van der Waals surface area contributed by atoms with Crippen molar-refractivity contribution in [2.45, 2.75) is 24.5 Å². The van der Waals surface area contributed by atoms with Gasteiger partial charge in [0.2, 0.25) is 0 Å². The highest BCUT2D eigenvalue weighted by Crippen LogP contribution is 2.48. The van der Waals surface area contributed by atoms with Gasteiger partial charge in [0.25, 0.3) is 0 Å². The first-order valence-electron chi connectivity index (χ1n) is 10.2. The van der Waals surface area contributed by atoms with Gasteiger partial charge in [-0.1, -0.05) is 42.1 Å². The van der Waals surface area contributed by atoms with E-state index < -0.39 is 13.1 Å². The third-order valence-electron chi connectivity index (χ3n) is 4.73. The van der Waals surface area contributed by atoms with Crippen molar-refractivity contribution in [2.24, 2.45) is 0 Å². The normalized spacial score (nSPS) is 12.5. The summed E-state index contributed by atoms with van der Waals surface area (Å²) in [6.07, 6.45) is 0. The summed E-state index contributed by atoms with van der Waals surface area (Å²) in [5, 5.41) is 9.21. The molecule has 0 bridgehead atoms. The van der Waals surface area contributed by atoms with E-state index in [1.54, 1.807) is 6.07 Å². The predicted molar refractivity (Wildman–Crippen MR) is 127 cm³/mol. The van der Waals surface area contributed by atoms with Crippen molar-refractivity contribution in [3.05, 3.63) is 102 Å². The predicted octanol–water partition coefficient (Wildman–Crippen LogP) is 8.35. The van der Waals surface area contributed by atoms with Gasteiger partial charge in [-0.25, -0.2) is 4.39 Å². The molecular weight excluding hydrogens is 500 g/mol. The summed E-state index contributed by atoms with van der Waals surface area (Å²) in [5.41, 5.74) is -0.0874. The van der Waals surface area contributed by atoms with Gasteiger partial charge in [0.15, 0.2) is 14.7 Å². The molecule has 0 N–H and O–H groups in total. The van der Waals surface area contributed by atoms with E-state index in [0.717, 1.165) is 0 Å². The first-order chi connectivity index (χ1) is 16.7. The summed E-state index contributed by atoms with van der Waals surface area (Å²) in [6.45, 7) is 0. The largest absolute Gasteiger partial charge is 0.673 e. The molecule has 0 fully saturated rings. The Labute approximate surface area is 205 Å². The van der Waals surface area contributed by atoms with Crippen LogP contribution in [0.5, 0.6) is 11.5 Å². The van der Waals surface area contributed by atoms with Crippen molar-refractivity contribution in [1.82, 2.24) is 0 Å². The number of rotatable bonds is 3. The topological polar surface area (TPSA) is 33.0 Å². The van der Waals surface area contributed by atoms with E-state index in [1.807, 2.05) is 42.1 Å². The van der Waals surface area contributed by atoms with Crippen LogP contribution >= 0.6 is 11.8 Å². The monoisotopic (exact) mass is 515 g/mol. The summed E-state index contributed by atoms with van der Waals surface area (Å²) >= 11 is 1.81. The fraction of sp³-hybridized carbons (Fsp3) is 0. The lowest BCUT2D eigenvalue weighted by atomic mass is 10.2. The van der Waals surface area contributed by atoms with E-state index >= 15 is 0 Å². The van der Waals surface area contributed by atoms with E-state index in [1.165, 1.54) is 36.6 Å². The number of ether oxygens (including phenoxy) is 1. The second kappa shape index (κ2) is 10.5. The second-order valence-electron chi connectivity index (χ2n) is 7.09. The Morgan fingerprint density at radius 1 is 0.743 bits per heavy atom.